The number of nitrogens with zero attached hydrogens (tertiary/aromatic N) is 2. The molecule has 0 radical (unpaired) electrons. The first kappa shape index (κ1) is 17.0. The molecule has 0 aliphatic heterocycles. The summed E-state index contributed by atoms with van der Waals surface area (Å²) in [5.74, 6) is 0. The third-order valence-electron chi connectivity index (χ3n) is 3.00. The Bertz CT molecular complexity index is 416. The zero-order chi connectivity index (χ0) is 15.2. The van der Waals surface area contributed by atoms with E-state index < -0.39 is 12.8 Å². The summed E-state index contributed by atoms with van der Waals surface area (Å²) in [6.07, 6.45) is -2.37. The van der Waals surface area contributed by atoms with Gasteiger partial charge in [-0.1, -0.05) is 13.8 Å². The number of alkyl halides is 3. The molecule has 20 heavy (non-hydrogen) atoms. The Hall–Kier alpha value is -1.08. The fourth-order valence-corrected chi connectivity index (χ4v) is 2.14. The van der Waals surface area contributed by atoms with Gasteiger partial charge in [-0.05, 0) is 19.3 Å². The molecule has 0 unspecified atom stereocenters. The topological polar surface area (TPSA) is 47.3 Å². The first-order valence-corrected chi connectivity index (χ1v) is 6.75. The fraction of sp³-hybridized carbons (Fsp3) is 0.769. The summed E-state index contributed by atoms with van der Waals surface area (Å²) < 4.78 is 42.0. The quantitative estimate of drug-likeness (QED) is 0.749. The molecule has 4 nitrogen and oxygen atoms in total. The van der Waals surface area contributed by atoms with Gasteiger partial charge in [0.15, 0.2) is 0 Å². The van der Waals surface area contributed by atoms with Gasteiger partial charge in [0.1, 0.15) is 6.61 Å². The van der Waals surface area contributed by atoms with Crippen LogP contribution in [0, 0.1) is 0 Å². The third-order valence-corrected chi connectivity index (χ3v) is 3.00. The zero-order valence-electron chi connectivity index (χ0n) is 11.8. The van der Waals surface area contributed by atoms with Crippen molar-refractivity contribution in [1.82, 2.24) is 9.78 Å². The highest BCUT2D eigenvalue weighted by atomic mass is 19.4. The van der Waals surface area contributed by atoms with Crippen molar-refractivity contribution >= 4 is 0 Å². The maximum atomic E-state index is 11.9. The monoisotopic (exact) mass is 294 g/mol. The normalized spacial score (nSPS) is 12.1. The van der Waals surface area contributed by atoms with Crippen molar-refractivity contribution in [2.24, 2.45) is 0 Å². The number of aromatic nitrogens is 2. The highest BCUT2D eigenvalue weighted by molar-refractivity contribution is 5.25. The van der Waals surface area contributed by atoms with Crippen LogP contribution in [-0.4, -0.2) is 34.3 Å². The van der Waals surface area contributed by atoms with Gasteiger partial charge in [0, 0.05) is 24.4 Å². The first-order chi connectivity index (χ1) is 9.42. The molecular weight excluding hydrogens is 273 g/mol. The zero-order valence-corrected chi connectivity index (χ0v) is 11.8. The standard InChI is InChI=1S/C13H21F3N2O2/c1-3-11-10(8-19)12(4-2)18(17-11)6-5-7-20-9-13(14,15)16/h19H,3-9H2,1-2H3. The van der Waals surface area contributed by atoms with E-state index >= 15 is 0 Å². The molecule has 0 saturated carbocycles. The average molecular weight is 294 g/mol. The van der Waals surface area contributed by atoms with Gasteiger partial charge in [0.05, 0.1) is 12.3 Å². The van der Waals surface area contributed by atoms with Crippen LogP contribution in [0.25, 0.3) is 0 Å². The van der Waals surface area contributed by atoms with Crippen molar-refractivity contribution in [3.05, 3.63) is 17.0 Å². The molecule has 0 aliphatic carbocycles. The van der Waals surface area contributed by atoms with Gasteiger partial charge in [-0.25, -0.2) is 0 Å². The molecule has 0 atom stereocenters. The number of rotatable bonds is 8. The molecule has 116 valence electrons. The van der Waals surface area contributed by atoms with E-state index in [4.69, 9.17) is 0 Å². The lowest BCUT2D eigenvalue weighted by Gasteiger charge is -2.09. The Labute approximate surface area is 116 Å². The molecule has 0 fully saturated rings. The molecule has 1 aromatic heterocycles. The molecule has 1 aromatic rings. The third kappa shape index (κ3) is 4.79. The lowest BCUT2D eigenvalue weighted by Crippen LogP contribution is -2.18. The highest BCUT2D eigenvalue weighted by Gasteiger charge is 2.27. The minimum absolute atomic E-state index is 0.0401. The molecular formula is C13H21F3N2O2. The van der Waals surface area contributed by atoms with E-state index in [2.05, 4.69) is 9.84 Å². The lowest BCUT2D eigenvalue weighted by molar-refractivity contribution is -0.174. The summed E-state index contributed by atoms with van der Waals surface area (Å²) in [6, 6.07) is 0. The van der Waals surface area contributed by atoms with Crippen molar-refractivity contribution in [3.8, 4) is 0 Å². The van der Waals surface area contributed by atoms with Crippen LogP contribution >= 0.6 is 0 Å². The van der Waals surface area contributed by atoms with Crippen LogP contribution in [0.5, 0.6) is 0 Å². The Morgan fingerprint density at radius 3 is 2.45 bits per heavy atom. The van der Waals surface area contributed by atoms with Crippen molar-refractivity contribution in [1.29, 1.82) is 0 Å². The van der Waals surface area contributed by atoms with E-state index in [9.17, 15) is 18.3 Å². The molecule has 1 N–H and O–H groups in total. The number of hydrogen-bond donors (Lipinski definition) is 1. The van der Waals surface area contributed by atoms with Gasteiger partial charge < -0.3 is 9.84 Å². The Morgan fingerprint density at radius 2 is 1.95 bits per heavy atom. The summed E-state index contributed by atoms with van der Waals surface area (Å²) in [6.45, 7) is 3.18. The van der Waals surface area contributed by atoms with E-state index in [0.29, 0.717) is 13.0 Å². The van der Waals surface area contributed by atoms with Crippen LogP contribution in [0.4, 0.5) is 13.2 Å². The molecule has 0 aromatic carbocycles. The molecule has 0 saturated heterocycles. The minimum atomic E-state index is -4.28. The van der Waals surface area contributed by atoms with E-state index in [1.54, 1.807) is 4.68 Å². The van der Waals surface area contributed by atoms with Crippen LogP contribution < -0.4 is 0 Å². The van der Waals surface area contributed by atoms with Gasteiger partial charge >= 0.3 is 6.18 Å². The van der Waals surface area contributed by atoms with Crippen molar-refractivity contribution < 1.29 is 23.0 Å². The molecule has 0 aliphatic rings. The largest absolute Gasteiger partial charge is 0.411 e. The Kier molecular flexibility index (Phi) is 6.48. The Balaban J connectivity index is 2.53. The predicted molar refractivity (Wildman–Crippen MR) is 68.4 cm³/mol. The highest BCUT2D eigenvalue weighted by Crippen LogP contribution is 2.17. The number of ether oxygens (including phenoxy) is 1. The molecule has 0 spiro atoms. The van der Waals surface area contributed by atoms with Gasteiger partial charge in [0.2, 0.25) is 0 Å². The summed E-state index contributed by atoms with van der Waals surface area (Å²) in [7, 11) is 0. The molecule has 1 heterocycles. The molecule has 1 rings (SSSR count). The minimum Gasteiger partial charge on any atom is -0.392 e. The number of aryl methyl sites for hydroxylation is 2. The Morgan fingerprint density at radius 1 is 1.25 bits per heavy atom. The van der Waals surface area contributed by atoms with E-state index in [1.165, 1.54) is 0 Å². The first-order valence-electron chi connectivity index (χ1n) is 6.75. The average Bonchev–Trinajstić information content (AvgIpc) is 2.73. The van der Waals surface area contributed by atoms with Crippen LogP contribution in [0.2, 0.25) is 0 Å². The number of aliphatic hydroxyl groups is 1. The summed E-state index contributed by atoms with van der Waals surface area (Å²) in [4.78, 5) is 0. The van der Waals surface area contributed by atoms with Crippen LogP contribution in [0.3, 0.4) is 0 Å². The van der Waals surface area contributed by atoms with Crippen LogP contribution in [0.1, 0.15) is 37.2 Å². The van der Waals surface area contributed by atoms with Crippen molar-refractivity contribution in [2.45, 2.75) is 52.4 Å². The van der Waals surface area contributed by atoms with Gasteiger partial charge in [-0.15, -0.1) is 0 Å². The number of aliphatic hydroxyl groups excluding tert-OH is 1. The second-order valence-corrected chi connectivity index (χ2v) is 4.48. The van der Waals surface area contributed by atoms with Gasteiger partial charge in [-0.2, -0.15) is 18.3 Å². The fourth-order valence-electron chi connectivity index (χ4n) is 2.14. The lowest BCUT2D eigenvalue weighted by atomic mass is 10.1. The van der Waals surface area contributed by atoms with Crippen molar-refractivity contribution in [3.63, 3.8) is 0 Å². The molecule has 0 bridgehead atoms. The van der Waals surface area contributed by atoms with Crippen LogP contribution in [0.15, 0.2) is 0 Å². The summed E-state index contributed by atoms with van der Waals surface area (Å²) in [5.41, 5.74) is 2.63. The maximum Gasteiger partial charge on any atom is 0.411 e. The summed E-state index contributed by atoms with van der Waals surface area (Å²) >= 11 is 0. The van der Waals surface area contributed by atoms with Crippen LogP contribution in [-0.2, 0) is 30.7 Å². The predicted octanol–water partition coefficient (Wildman–Crippen LogP) is 2.47. The number of halogens is 3. The maximum absolute atomic E-state index is 11.9. The van der Waals surface area contributed by atoms with Crippen molar-refractivity contribution in [2.75, 3.05) is 13.2 Å². The van der Waals surface area contributed by atoms with E-state index in [0.717, 1.165) is 29.8 Å². The van der Waals surface area contributed by atoms with Gasteiger partial charge in [0.25, 0.3) is 0 Å². The molecule has 0 amide bonds. The second-order valence-electron chi connectivity index (χ2n) is 4.48. The number of hydrogen-bond acceptors (Lipinski definition) is 3. The smallest absolute Gasteiger partial charge is 0.392 e. The second kappa shape index (κ2) is 7.64. The molecule has 7 heteroatoms. The van der Waals surface area contributed by atoms with E-state index in [-0.39, 0.29) is 13.2 Å². The SMILES string of the molecule is CCc1nn(CCCOCC(F)(F)F)c(CC)c1CO. The van der Waals surface area contributed by atoms with E-state index in [1.807, 2.05) is 13.8 Å². The summed E-state index contributed by atoms with van der Waals surface area (Å²) in [5, 5.41) is 13.8. The van der Waals surface area contributed by atoms with Gasteiger partial charge in [-0.3, -0.25) is 4.68 Å².